The zero-order valence-corrected chi connectivity index (χ0v) is 31.0. The third-order valence-corrected chi connectivity index (χ3v) is 11.1. The largest absolute Gasteiger partial charge is 0.454 e. The molecule has 0 unspecified atom stereocenters. The predicted octanol–water partition coefficient (Wildman–Crippen LogP) is 14.5. The van der Waals surface area contributed by atoms with E-state index in [1.807, 2.05) is 18.3 Å². The van der Waals surface area contributed by atoms with Crippen LogP contribution in [0.1, 0.15) is 0 Å². The molecule has 0 bridgehead atoms. The van der Waals surface area contributed by atoms with Crippen molar-refractivity contribution in [2.24, 2.45) is 0 Å². The number of para-hydroxylation sites is 2. The summed E-state index contributed by atoms with van der Waals surface area (Å²) in [6.45, 7) is 0. The molecule has 0 radical (unpaired) electrons. The Morgan fingerprint density at radius 3 is 1.70 bits per heavy atom. The number of hydrogen-bond acceptors (Lipinski definition) is 3. The minimum atomic E-state index is 0.794. The van der Waals surface area contributed by atoms with Crippen LogP contribution in [0.4, 0.5) is 17.1 Å². The number of pyridine rings is 1. The second kappa shape index (κ2) is 13.6. The van der Waals surface area contributed by atoms with E-state index >= 15 is 0 Å². The number of nitrogens with zero attached hydrogens (tertiary/aromatic N) is 3. The maximum atomic E-state index is 6.17. The third kappa shape index (κ3) is 5.66. The van der Waals surface area contributed by atoms with E-state index in [2.05, 4.69) is 203 Å². The van der Waals surface area contributed by atoms with Crippen LogP contribution < -0.4 is 4.90 Å². The number of benzene rings is 8. The van der Waals surface area contributed by atoms with Crippen molar-refractivity contribution < 1.29 is 4.42 Å². The number of anilines is 3. The van der Waals surface area contributed by atoms with Crippen LogP contribution in [-0.4, -0.2) is 9.55 Å². The highest BCUT2D eigenvalue weighted by atomic mass is 16.3. The van der Waals surface area contributed by atoms with Crippen LogP contribution >= 0.6 is 0 Å². The lowest BCUT2D eigenvalue weighted by Crippen LogP contribution is -2.10. The Labute approximate surface area is 330 Å². The van der Waals surface area contributed by atoms with Crippen molar-refractivity contribution in [2.45, 2.75) is 0 Å². The van der Waals surface area contributed by atoms with Gasteiger partial charge in [0, 0.05) is 50.5 Å². The zero-order chi connectivity index (χ0) is 37.7. The summed E-state index contributed by atoms with van der Waals surface area (Å²) >= 11 is 0. The molecule has 4 nitrogen and oxygen atoms in total. The molecule has 0 N–H and O–H groups in total. The van der Waals surface area contributed by atoms with E-state index in [-0.39, 0.29) is 0 Å². The van der Waals surface area contributed by atoms with Crippen molar-refractivity contribution in [1.82, 2.24) is 9.55 Å². The molecule has 11 aromatic rings. The molecule has 8 aromatic carbocycles. The van der Waals surface area contributed by atoms with E-state index in [4.69, 9.17) is 4.42 Å². The first kappa shape index (κ1) is 32.7. The molecule has 57 heavy (non-hydrogen) atoms. The summed E-state index contributed by atoms with van der Waals surface area (Å²) in [4.78, 5) is 6.62. The van der Waals surface area contributed by atoms with Crippen LogP contribution in [0, 0.1) is 0 Å². The average Bonchev–Trinajstić information content (AvgIpc) is 3.84. The van der Waals surface area contributed by atoms with Crippen molar-refractivity contribution in [3.8, 4) is 39.1 Å². The Morgan fingerprint density at radius 1 is 0.404 bits per heavy atom. The fourth-order valence-electron chi connectivity index (χ4n) is 8.42. The van der Waals surface area contributed by atoms with Gasteiger partial charge in [0.15, 0.2) is 5.58 Å². The number of hydrogen-bond donors (Lipinski definition) is 0. The van der Waals surface area contributed by atoms with Gasteiger partial charge in [0.25, 0.3) is 0 Å². The monoisotopic (exact) mass is 729 g/mol. The van der Waals surface area contributed by atoms with Gasteiger partial charge in [-0.25, -0.2) is 0 Å². The van der Waals surface area contributed by atoms with Gasteiger partial charge in [-0.2, -0.15) is 0 Å². The Bertz CT molecular complexity index is 3160. The summed E-state index contributed by atoms with van der Waals surface area (Å²) in [5.74, 6) is 0. The lowest BCUT2D eigenvalue weighted by atomic mass is 9.99. The van der Waals surface area contributed by atoms with Crippen molar-refractivity contribution in [3.05, 3.63) is 213 Å². The molecule has 4 heteroatoms. The van der Waals surface area contributed by atoms with Crippen molar-refractivity contribution >= 4 is 60.8 Å². The summed E-state index contributed by atoms with van der Waals surface area (Å²) in [6, 6.07) is 71.6. The van der Waals surface area contributed by atoms with Crippen LogP contribution in [0.25, 0.3) is 82.8 Å². The van der Waals surface area contributed by atoms with Gasteiger partial charge in [-0.05, 0) is 106 Å². The van der Waals surface area contributed by atoms with Gasteiger partial charge in [0.05, 0.1) is 17.2 Å². The lowest BCUT2D eigenvalue weighted by molar-refractivity contribution is 0.667. The van der Waals surface area contributed by atoms with Crippen LogP contribution in [0.15, 0.2) is 217 Å². The Morgan fingerprint density at radius 2 is 0.982 bits per heavy atom. The van der Waals surface area contributed by atoms with E-state index < -0.39 is 0 Å². The number of furan rings is 1. The highest BCUT2D eigenvalue weighted by Crippen LogP contribution is 2.41. The third-order valence-electron chi connectivity index (χ3n) is 11.1. The molecule has 0 spiro atoms. The van der Waals surface area contributed by atoms with Crippen molar-refractivity contribution in [1.29, 1.82) is 0 Å². The second-order valence-corrected chi connectivity index (χ2v) is 14.4. The molecule has 0 saturated heterocycles. The topological polar surface area (TPSA) is 34.2 Å². The van der Waals surface area contributed by atoms with Crippen LogP contribution in [-0.2, 0) is 0 Å². The zero-order valence-electron chi connectivity index (χ0n) is 31.0. The van der Waals surface area contributed by atoms with Crippen LogP contribution in [0.3, 0.4) is 0 Å². The first-order valence-corrected chi connectivity index (χ1v) is 19.3. The van der Waals surface area contributed by atoms with Crippen molar-refractivity contribution in [3.63, 3.8) is 0 Å². The highest BCUT2D eigenvalue weighted by molar-refractivity contribution is 6.12. The Hall–Kier alpha value is -7.69. The van der Waals surface area contributed by atoms with E-state index in [9.17, 15) is 0 Å². The molecule has 0 amide bonds. The molecule has 0 aliphatic rings. The standard InChI is InChI=1S/C53H35N3O/c1-2-10-36(11-3-1)37-20-26-41(27-21-37)55(42-30-24-39(25-31-42)45-16-9-19-51-53(45)48-32-33-54-35-52(48)57-51)44-13-8-12-40(34-44)38-22-28-43(29-23-38)56-49-17-6-4-14-46(49)47-15-5-7-18-50(47)56/h1-35H. The Balaban J connectivity index is 0.987. The summed E-state index contributed by atoms with van der Waals surface area (Å²) in [5, 5.41) is 4.70. The molecule has 0 fully saturated rings. The minimum Gasteiger partial charge on any atom is -0.454 e. The number of fused-ring (bicyclic) bond motifs is 6. The van der Waals surface area contributed by atoms with E-state index in [0.717, 1.165) is 66.9 Å². The quantitative estimate of drug-likeness (QED) is 0.164. The van der Waals surface area contributed by atoms with Gasteiger partial charge in [0.1, 0.15) is 5.58 Å². The van der Waals surface area contributed by atoms with Gasteiger partial charge in [-0.1, -0.05) is 127 Å². The normalized spacial score (nSPS) is 11.5. The molecule has 11 rings (SSSR count). The second-order valence-electron chi connectivity index (χ2n) is 14.4. The SMILES string of the molecule is c1ccc(-c2ccc(N(c3ccc(-c4cccc5oc6cnccc6c45)cc3)c3cccc(-c4ccc(-n5c6ccccc6c6ccccc65)cc4)c3)cc2)cc1. The first-order chi connectivity index (χ1) is 28.3. The maximum Gasteiger partial charge on any atom is 0.153 e. The van der Waals surface area contributed by atoms with Gasteiger partial charge >= 0.3 is 0 Å². The molecule has 0 saturated carbocycles. The smallest absolute Gasteiger partial charge is 0.153 e. The molecule has 3 heterocycles. The minimum absolute atomic E-state index is 0.794. The molecule has 0 aliphatic carbocycles. The molecular weight excluding hydrogens is 695 g/mol. The molecular formula is C53H35N3O. The first-order valence-electron chi connectivity index (χ1n) is 19.3. The van der Waals surface area contributed by atoms with Crippen LogP contribution in [0.5, 0.6) is 0 Å². The average molecular weight is 730 g/mol. The van der Waals surface area contributed by atoms with Gasteiger partial charge in [-0.3, -0.25) is 4.98 Å². The lowest BCUT2D eigenvalue weighted by Gasteiger charge is -2.26. The molecule has 3 aromatic heterocycles. The van der Waals surface area contributed by atoms with E-state index in [1.54, 1.807) is 6.20 Å². The van der Waals surface area contributed by atoms with Gasteiger partial charge in [0.2, 0.25) is 0 Å². The van der Waals surface area contributed by atoms with Crippen LogP contribution in [0.2, 0.25) is 0 Å². The van der Waals surface area contributed by atoms with Crippen molar-refractivity contribution in [2.75, 3.05) is 4.90 Å². The van der Waals surface area contributed by atoms with Gasteiger partial charge in [-0.15, -0.1) is 0 Å². The highest BCUT2D eigenvalue weighted by Gasteiger charge is 2.17. The maximum absolute atomic E-state index is 6.17. The molecule has 0 aliphatic heterocycles. The number of rotatable bonds is 7. The van der Waals surface area contributed by atoms with E-state index in [1.165, 1.54) is 32.9 Å². The predicted molar refractivity (Wildman–Crippen MR) is 237 cm³/mol. The van der Waals surface area contributed by atoms with Gasteiger partial charge < -0.3 is 13.9 Å². The summed E-state index contributed by atoms with van der Waals surface area (Å²) in [7, 11) is 0. The molecule has 268 valence electrons. The fourth-order valence-corrected chi connectivity index (χ4v) is 8.42. The summed E-state index contributed by atoms with van der Waals surface area (Å²) < 4.78 is 8.53. The molecule has 0 atom stereocenters. The Kier molecular flexibility index (Phi) is 7.78. The number of aromatic nitrogens is 2. The summed E-state index contributed by atoms with van der Waals surface area (Å²) in [6.07, 6.45) is 3.61. The fraction of sp³-hybridized carbons (Fsp3) is 0. The van der Waals surface area contributed by atoms with E-state index in [0.29, 0.717) is 0 Å². The summed E-state index contributed by atoms with van der Waals surface area (Å²) in [5.41, 5.74) is 15.4.